The van der Waals surface area contributed by atoms with Crippen LogP contribution in [0.15, 0.2) is 24.4 Å². The van der Waals surface area contributed by atoms with Gasteiger partial charge in [-0.1, -0.05) is 0 Å². The molecular weight excluding hydrogens is 187 g/mol. The Hall–Kier alpha value is -1.78. The van der Waals surface area contributed by atoms with Crippen LogP contribution in [0.4, 0.5) is 4.39 Å². The Balaban J connectivity index is 2.74. The number of halogens is 1. The Labute approximate surface area is 80.4 Å². The minimum Gasteiger partial charge on any atom is -0.461 e. The normalized spacial score (nSPS) is 11.1. The van der Waals surface area contributed by atoms with E-state index in [2.05, 4.69) is 14.7 Å². The molecule has 1 aromatic heterocycles. The van der Waals surface area contributed by atoms with E-state index in [0.29, 0.717) is 5.69 Å². The molecule has 4 nitrogen and oxygen atoms in total. The average Bonchev–Trinajstić information content (AvgIpc) is 2.19. The molecule has 0 amide bonds. The van der Waals surface area contributed by atoms with Gasteiger partial charge in [-0.15, -0.1) is 0 Å². The predicted octanol–water partition coefficient (Wildman–Crippen LogP) is 1.35. The molecule has 1 aromatic rings. The number of nitrogens with zero attached hydrogens (tertiary/aromatic N) is 2. The summed E-state index contributed by atoms with van der Waals surface area (Å²) in [5.74, 6) is -1.95. The van der Waals surface area contributed by atoms with Gasteiger partial charge in [0.15, 0.2) is 0 Å². The van der Waals surface area contributed by atoms with Gasteiger partial charge in [-0.2, -0.15) is 4.39 Å². The summed E-state index contributed by atoms with van der Waals surface area (Å²) in [5.41, 5.74) is 0.325. The molecule has 0 bridgehead atoms. The topological polar surface area (TPSA) is 52.1 Å². The van der Waals surface area contributed by atoms with Crippen LogP contribution < -0.4 is 0 Å². The third-order valence-corrected chi connectivity index (χ3v) is 1.35. The Morgan fingerprint density at radius 3 is 3.07 bits per heavy atom. The highest BCUT2D eigenvalue weighted by Crippen LogP contribution is 2.05. The van der Waals surface area contributed by atoms with Crippen LogP contribution in [-0.2, 0) is 9.53 Å². The van der Waals surface area contributed by atoms with Crippen LogP contribution in [0.2, 0.25) is 0 Å². The first kappa shape index (κ1) is 10.3. The monoisotopic (exact) mass is 196 g/mol. The number of aromatic nitrogens is 2. The fourth-order valence-corrected chi connectivity index (χ4v) is 0.775. The van der Waals surface area contributed by atoms with Crippen LogP contribution in [0.5, 0.6) is 0 Å². The first-order valence-corrected chi connectivity index (χ1v) is 4.04. The Morgan fingerprint density at radius 1 is 1.71 bits per heavy atom. The molecule has 0 radical (unpaired) electrons. The minimum atomic E-state index is -0.980. The second-order valence-electron chi connectivity index (χ2n) is 2.35. The summed E-state index contributed by atoms with van der Waals surface area (Å²) in [4.78, 5) is 18.2. The van der Waals surface area contributed by atoms with E-state index in [0.717, 1.165) is 6.08 Å². The summed E-state index contributed by atoms with van der Waals surface area (Å²) in [6.07, 6.45) is 3.72. The fraction of sp³-hybridized carbons (Fsp3) is 0.222. The van der Waals surface area contributed by atoms with Crippen LogP contribution >= 0.6 is 0 Å². The zero-order valence-corrected chi connectivity index (χ0v) is 7.61. The van der Waals surface area contributed by atoms with Gasteiger partial charge >= 0.3 is 5.97 Å². The van der Waals surface area contributed by atoms with Crippen molar-refractivity contribution in [3.63, 3.8) is 0 Å². The van der Waals surface area contributed by atoms with E-state index in [1.165, 1.54) is 18.6 Å². The number of carbonyl (C=O) groups is 1. The molecule has 0 N–H and O–H groups in total. The maximum absolute atomic E-state index is 13.0. The van der Waals surface area contributed by atoms with Crippen molar-refractivity contribution in [2.24, 2.45) is 0 Å². The van der Waals surface area contributed by atoms with Gasteiger partial charge in [-0.3, -0.25) is 0 Å². The van der Waals surface area contributed by atoms with Crippen LogP contribution in [0.1, 0.15) is 12.6 Å². The van der Waals surface area contributed by atoms with Crippen molar-refractivity contribution in [3.05, 3.63) is 30.1 Å². The molecule has 0 unspecified atom stereocenters. The second-order valence-corrected chi connectivity index (χ2v) is 2.35. The summed E-state index contributed by atoms with van der Waals surface area (Å²) in [5, 5.41) is 0. The van der Waals surface area contributed by atoms with Gasteiger partial charge in [0, 0.05) is 12.3 Å². The van der Waals surface area contributed by atoms with Crippen LogP contribution in [0.25, 0.3) is 6.08 Å². The molecular formula is C9H9FN2O2. The van der Waals surface area contributed by atoms with Crippen molar-refractivity contribution >= 4 is 12.0 Å². The van der Waals surface area contributed by atoms with Crippen molar-refractivity contribution in [1.82, 2.24) is 9.97 Å². The highest BCUT2D eigenvalue weighted by atomic mass is 19.1. The lowest BCUT2D eigenvalue weighted by Crippen LogP contribution is -2.04. The number of hydrogen-bond acceptors (Lipinski definition) is 4. The molecule has 0 saturated carbocycles. The maximum Gasteiger partial charge on any atom is 0.367 e. The summed E-state index contributed by atoms with van der Waals surface area (Å²) in [7, 11) is 0. The molecule has 5 heteroatoms. The third kappa shape index (κ3) is 2.93. The van der Waals surface area contributed by atoms with Crippen LogP contribution in [0, 0.1) is 0 Å². The lowest BCUT2D eigenvalue weighted by atomic mass is 10.3. The molecule has 1 rings (SSSR count). The number of rotatable bonds is 3. The number of esters is 1. The van der Waals surface area contributed by atoms with Gasteiger partial charge in [0.2, 0.25) is 5.83 Å². The molecule has 0 aromatic carbocycles. The van der Waals surface area contributed by atoms with Crippen LogP contribution in [-0.4, -0.2) is 22.5 Å². The van der Waals surface area contributed by atoms with Gasteiger partial charge in [0.25, 0.3) is 0 Å². The van der Waals surface area contributed by atoms with Crippen LogP contribution in [0.3, 0.4) is 0 Å². The van der Waals surface area contributed by atoms with Gasteiger partial charge in [0.05, 0.1) is 12.3 Å². The Morgan fingerprint density at radius 2 is 2.50 bits per heavy atom. The number of hydrogen-bond donors (Lipinski definition) is 0. The Bertz CT molecular complexity index is 338. The summed E-state index contributed by atoms with van der Waals surface area (Å²) in [6, 6.07) is 1.48. The molecule has 74 valence electrons. The van der Waals surface area contributed by atoms with Crippen molar-refractivity contribution in [3.8, 4) is 0 Å². The van der Waals surface area contributed by atoms with Gasteiger partial charge < -0.3 is 4.74 Å². The van der Waals surface area contributed by atoms with E-state index in [-0.39, 0.29) is 6.61 Å². The zero-order valence-electron chi connectivity index (χ0n) is 7.61. The molecule has 14 heavy (non-hydrogen) atoms. The first-order valence-electron chi connectivity index (χ1n) is 4.04. The van der Waals surface area contributed by atoms with Crippen molar-refractivity contribution in [2.45, 2.75) is 6.92 Å². The summed E-state index contributed by atoms with van der Waals surface area (Å²) >= 11 is 0. The smallest absolute Gasteiger partial charge is 0.367 e. The molecule has 0 atom stereocenters. The standard InChI is InChI=1S/C9H9FN2O2/c1-2-14-9(13)8(10)5-7-3-4-11-6-12-7/h3-6H,2H2,1H3/b8-5-. The number of ether oxygens (including phenoxy) is 1. The molecule has 0 fully saturated rings. The van der Waals surface area contributed by atoms with E-state index >= 15 is 0 Å². The average molecular weight is 196 g/mol. The van der Waals surface area contributed by atoms with E-state index in [4.69, 9.17) is 0 Å². The summed E-state index contributed by atoms with van der Waals surface area (Å²) < 4.78 is 17.4. The highest BCUT2D eigenvalue weighted by Gasteiger charge is 2.09. The molecule has 0 aliphatic heterocycles. The third-order valence-electron chi connectivity index (χ3n) is 1.35. The van der Waals surface area contributed by atoms with Gasteiger partial charge in [-0.05, 0) is 13.0 Å². The molecule has 0 spiro atoms. The zero-order chi connectivity index (χ0) is 10.4. The van der Waals surface area contributed by atoms with Crippen molar-refractivity contribution in [2.75, 3.05) is 6.61 Å². The van der Waals surface area contributed by atoms with Gasteiger partial charge in [0.1, 0.15) is 6.33 Å². The van der Waals surface area contributed by atoms with E-state index in [1.54, 1.807) is 6.92 Å². The summed E-state index contributed by atoms with van der Waals surface area (Å²) in [6.45, 7) is 1.75. The molecule has 1 heterocycles. The largest absolute Gasteiger partial charge is 0.461 e. The van der Waals surface area contributed by atoms with Crippen molar-refractivity contribution in [1.29, 1.82) is 0 Å². The number of carbonyl (C=O) groups excluding carboxylic acids is 1. The first-order chi connectivity index (χ1) is 6.74. The van der Waals surface area contributed by atoms with E-state index in [1.807, 2.05) is 0 Å². The van der Waals surface area contributed by atoms with Crippen molar-refractivity contribution < 1.29 is 13.9 Å². The fourth-order valence-electron chi connectivity index (χ4n) is 0.775. The second kappa shape index (κ2) is 5.06. The lowest BCUT2D eigenvalue weighted by Gasteiger charge is -1.97. The predicted molar refractivity (Wildman–Crippen MR) is 47.8 cm³/mol. The highest BCUT2D eigenvalue weighted by molar-refractivity contribution is 5.90. The molecule has 0 aliphatic carbocycles. The molecule has 0 aliphatic rings. The van der Waals surface area contributed by atoms with E-state index in [9.17, 15) is 9.18 Å². The lowest BCUT2D eigenvalue weighted by molar-refractivity contribution is -0.140. The maximum atomic E-state index is 13.0. The van der Waals surface area contributed by atoms with E-state index < -0.39 is 11.8 Å². The minimum absolute atomic E-state index is 0.143. The quantitative estimate of drug-likeness (QED) is 0.541. The molecule has 0 saturated heterocycles. The Kier molecular flexibility index (Phi) is 3.72. The SMILES string of the molecule is CCOC(=O)/C(F)=C/c1ccncn1. The van der Waals surface area contributed by atoms with Gasteiger partial charge in [-0.25, -0.2) is 14.8 Å².